The average molecular weight is 426 g/mol. The summed E-state index contributed by atoms with van der Waals surface area (Å²) >= 11 is 0. The van der Waals surface area contributed by atoms with Gasteiger partial charge in [-0.3, -0.25) is 9.89 Å². The molecule has 2 heterocycles. The summed E-state index contributed by atoms with van der Waals surface area (Å²) in [5.74, 6) is 0.599. The summed E-state index contributed by atoms with van der Waals surface area (Å²) in [5, 5.41) is 9.89. The van der Waals surface area contributed by atoms with Crippen LogP contribution in [0.15, 0.2) is 54.6 Å². The van der Waals surface area contributed by atoms with Crippen molar-refractivity contribution in [1.82, 2.24) is 14.5 Å². The fourth-order valence-electron chi connectivity index (χ4n) is 3.43. The van der Waals surface area contributed by atoms with E-state index in [4.69, 9.17) is 4.74 Å². The van der Waals surface area contributed by atoms with Gasteiger partial charge in [0.25, 0.3) is 5.91 Å². The fourth-order valence-corrected chi connectivity index (χ4v) is 4.92. The van der Waals surface area contributed by atoms with Gasteiger partial charge in [0.2, 0.25) is 10.0 Å². The van der Waals surface area contributed by atoms with Crippen LogP contribution < -0.4 is 10.1 Å². The molecule has 156 valence electrons. The van der Waals surface area contributed by atoms with Gasteiger partial charge >= 0.3 is 0 Å². The van der Waals surface area contributed by atoms with Crippen molar-refractivity contribution in [2.24, 2.45) is 0 Å². The van der Waals surface area contributed by atoms with Crippen molar-refractivity contribution in [3.8, 4) is 5.75 Å². The second-order valence-electron chi connectivity index (χ2n) is 7.04. The van der Waals surface area contributed by atoms with Gasteiger partial charge in [0, 0.05) is 30.6 Å². The van der Waals surface area contributed by atoms with Gasteiger partial charge < -0.3 is 10.1 Å². The molecular weight excluding hydrogens is 404 g/mol. The summed E-state index contributed by atoms with van der Waals surface area (Å²) in [4.78, 5) is 12.6. The highest BCUT2D eigenvalue weighted by Gasteiger charge is 2.30. The first-order chi connectivity index (χ1) is 14.5. The number of hydrogen-bond donors (Lipinski definition) is 2. The van der Waals surface area contributed by atoms with Gasteiger partial charge in [0.15, 0.2) is 0 Å². The van der Waals surface area contributed by atoms with Crippen molar-refractivity contribution in [3.05, 3.63) is 77.0 Å². The smallest absolute Gasteiger partial charge is 0.256 e. The molecule has 8 nitrogen and oxygen atoms in total. The maximum atomic E-state index is 12.9. The molecular formula is C21H22N4O4S. The lowest BCUT2D eigenvalue weighted by molar-refractivity contribution is 0.102. The average Bonchev–Trinajstić information content (AvgIpc) is 3.16. The highest BCUT2D eigenvalue weighted by Crippen LogP contribution is 2.27. The van der Waals surface area contributed by atoms with Crippen LogP contribution in [0.3, 0.4) is 0 Å². The Morgan fingerprint density at radius 1 is 1.20 bits per heavy atom. The molecule has 0 fully saturated rings. The highest BCUT2D eigenvalue weighted by molar-refractivity contribution is 7.88. The monoisotopic (exact) mass is 426 g/mol. The minimum atomic E-state index is -3.50. The molecule has 0 spiro atoms. The van der Waals surface area contributed by atoms with Crippen molar-refractivity contribution < 1.29 is 17.9 Å². The van der Waals surface area contributed by atoms with Gasteiger partial charge in [-0.05, 0) is 23.8 Å². The molecule has 1 aliphatic rings. The summed E-state index contributed by atoms with van der Waals surface area (Å²) < 4.78 is 32.4. The number of methoxy groups -OCH3 is 1. The highest BCUT2D eigenvalue weighted by atomic mass is 32.2. The fraction of sp³-hybridized carbons (Fsp3) is 0.238. The normalized spacial score (nSPS) is 14.2. The lowest BCUT2D eigenvalue weighted by Crippen LogP contribution is -2.36. The van der Waals surface area contributed by atoms with Crippen molar-refractivity contribution in [3.63, 3.8) is 0 Å². The maximum absolute atomic E-state index is 12.9. The Labute approximate surface area is 174 Å². The molecule has 0 aliphatic carbocycles. The number of benzene rings is 2. The number of rotatable bonds is 6. The molecule has 0 bridgehead atoms. The number of anilines is 1. The van der Waals surface area contributed by atoms with Gasteiger partial charge in [-0.1, -0.05) is 36.4 Å². The first kappa shape index (κ1) is 20.1. The summed E-state index contributed by atoms with van der Waals surface area (Å²) in [6.07, 6.45) is 0.481. The molecule has 2 aromatic carbocycles. The van der Waals surface area contributed by atoms with Crippen molar-refractivity contribution >= 4 is 21.7 Å². The number of fused-ring (bicyclic) bond motifs is 1. The molecule has 3 aromatic rings. The standard InChI is InChI=1S/C21H22N4O4S/c1-29-17-9-5-8-16(12-17)21(26)22-20-18-13-25(11-10-19(18)23-24-20)30(27,28)14-15-6-3-2-4-7-15/h2-9,12H,10-11,13-14H2,1H3,(H2,22,23,24,26). The molecule has 4 rings (SSSR count). The van der Waals surface area contributed by atoms with Crippen molar-refractivity contribution in [2.45, 2.75) is 18.7 Å². The zero-order valence-electron chi connectivity index (χ0n) is 16.5. The van der Waals surface area contributed by atoms with Crippen molar-refractivity contribution in [1.29, 1.82) is 0 Å². The topological polar surface area (TPSA) is 104 Å². The lowest BCUT2D eigenvalue weighted by Gasteiger charge is -2.26. The zero-order chi connectivity index (χ0) is 21.1. The van der Waals surface area contributed by atoms with E-state index in [2.05, 4.69) is 15.5 Å². The van der Waals surface area contributed by atoms with Gasteiger partial charge in [-0.2, -0.15) is 9.40 Å². The molecule has 0 atom stereocenters. The Bertz CT molecular complexity index is 1160. The quantitative estimate of drug-likeness (QED) is 0.630. The van der Waals surface area contributed by atoms with Crippen LogP contribution >= 0.6 is 0 Å². The number of carbonyl (C=O) groups is 1. The van der Waals surface area contributed by atoms with Crippen LogP contribution in [-0.2, 0) is 28.7 Å². The van der Waals surface area contributed by atoms with Gasteiger partial charge in [-0.15, -0.1) is 0 Å². The van der Waals surface area contributed by atoms with Crippen LogP contribution in [0.1, 0.15) is 27.2 Å². The van der Waals surface area contributed by atoms with E-state index in [1.807, 2.05) is 18.2 Å². The predicted molar refractivity (Wildman–Crippen MR) is 113 cm³/mol. The number of nitrogens with one attached hydrogen (secondary N) is 2. The number of ether oxygens (including phenoxy) is 1. The predicted octanol–water partition coefficient (Wildman–Crippen LogP) is 2.56. The van der Waals surface area contributed by atoms with Crippen molar-refractivity contribution in [2.75, 3.05) is 19.0 Å². The van der Waals surface area contributed by atoms with E-state index in [0.717, 1.165) is 11.3 Å². The van der Waals surface area contributed by atoms with Crippen LogP contribution in [0.5, 0.6) is 5.75 Å². The number of H-pyrrole nitrogens is 1. The Kier molecular flexibility index (Phi) is 5.56. The van der Waals surface area contributed by atoms with E-state index >= 15 is 0 Å². The lowest BCUT2D eigenvalue weighted by atomic mass is 10.1. The van der Waals surface area contributed by atoms with Gasteiger partial charge in [0.05, 0.1) is 18.6 Å². The van der Waals surface area contributed by atoms with E-state index < -0.39 is 10.0 Å². The number of aromatic nitrogens is 2. The first-order valence-electron chi connectivity index (χ1n) is 9.49. The summed E-state index contributed by atoms with van der Waals surface area (Å²) in [6.45, 7) is 0.519. The van der Waals surface area contributed by atoms with Crippen LogP contribution in [0, 0.1) is 0 Å². The molecule has 1 amide bonds. The SMILES string of the molecule is COc1cccc(C(=O)Nc2[nH]nc3c2CN(S(=O)(=O)Cc2ccccc2)CC3)c1. The molecule has 0 saturated heterocycles. The number of carbonyl (C=O) groups excluding carboxylic acids is 1. The molecule has 0 unspecified atom stereocenters. The van der Waals surface area contributed by atoms with Crippen LogP contribution in [-0.4, -0.2) is 42.5 Å². The summed E-state index contributed by atoms with van der Waals surface area (Å²) in [7, 11) is -1.97. The van der Waals surface area contributed by atoms with E-state index in [9.17, 15) is 13.2 Å². The summed E-state index contributed by atoms with van der Waals surface area (Å²) in [6, 6.07) is 15.9. The minimum absolute atomic E-state index is 0.0630. The van der Waals surface area contributed by atoms with Gasteiger partial charge in [-0.25, -0.2) is 8.42 Å². The minimum Gasteiger partial charge on any atom is -0.497 e. The largest absolute Gasteiger partial charge is 0.497 e. The number of amides is 1. The second-order valence-corrected chi connectivity index (χ2v) is 9.00. The summed E-state index contributed by atoms with van der Waals surface area (Å²) in [5.41, 5.74) is 2.63. The number of hydrogen-bond acceptors (Lipinski definition) is 5. The maximum Gasteiger partial charge on any atom is 0.256 e. The number of nitrogens with zero attached hydrogens (tertiary/aromatic N) is 2. The third-order valence-corrected chi connectivity index (χ3v) is 6.84. The van der Waals surface area contributed by atoms with E-state index in [0.29, 0.717) is 35.7 Å². The molecule has 30 heavy (non-hydrogen) atoms. The van der Waals surface area contributed by atoms with Gasteiger partial charge in [0.1, 0.15) is 11.6 Å². The van der Waals surface area contributed by atoms with E-state index in [1.54, 1.807) is 36.4 Å². The molecule has 1 aromatic heterocycles. The molecule has 0 saturated carbocycles. The van der Waals surface area contributed by atoms with E-state index in [-0.39, 0.29) is 18.2 Å². The number of sulfonamides is 1. The molecule has 2 N–H and O–H groups in total. The third-order valence-electron chi connectivity index (χ3n) is 5.04. The third kappa shape index (κ3) is 4.22. The Balaban J connectivity index is 1.51. The van der Waals surface area contributed by atoms with Crippen LogP contribution in [0.4, 0.5) is 5.82 Å². The Morgan fingerprint density at radius 2 is 2.00 bits per heavy atom. The Hall–Kier alpha value is -3.17. The number of aromatic amines is 1. The zero-order valence-corrected chi connectivity index (χ0v) is 17.3. The molecule has 0 radical (unpaired) electrons. The Morgan fingerprint density at radius 3 is 2.77 bits per heavy atom. The van der Waals surface area contributed by atoms with Crippen LogP contribution in [0.2, 0.25) is 0 Å². The second kappa shape index (κ2) is 8.29. The van der Waals surface area contributed by atoms with Crippen LogP contribution in [0.25, 0.3) is 0 Å². The first-order valence-corrected chi connectivity index (χ1v) is 11.1. The molecule has 1 aliphatic heterocycles. The van der Waals surface area contributed by atoms with E-state index in [1.165, 1.54) is 11.4 Å². The molecule has 9 heteroatoms.